The molecule has 0 aliphatic carbocycles. The summed E-state index contributed by atoms with van der Waals surface area (Å²) in [5.41, 5.74) is 2.37. The Bertz CT molecular complexity index is 1090. The maximum Gasteiger partial charge on any atom is 0.232 e. The van der Waals surface area contributed by atoms with Crippen molar-refractivity contribution in [3.8, 4) is 0 Å². The molecule has 0 aliphatic heterocycles. The normalized spacial score (nSPS) is 11.4. The molecule has 0 saturated heterocycles. The van der Waals surface area contributed by atoms with Gasteiger partial charge in [-0.05, 0) is 42.5 Å². The van der Waals surface area contributed by atoms with E-state index in [1.165, 1.54) is 10.6 Å². The van der Waals surface area contributed by atoms with Crippen molar-refractivity contribution in [2.75, 3.05) is 22.4 Å². The van der Waals surface area contributed by atoms with E-state index in [2.05, 4.69) is 5.32 Å². The van der Waals surface area contributed by atoms with Gasteiger partial charge in [-0.1, -0.05) is 48.5 Å². The number of benzene rings is 3. The second kappa shape index (κ2) is 8.44. The van der Waals surface area contributed by atoms with E-state index in [1.807, 2.05) is 67.6 Å². The Labute approximate surface area is 166 Å². The lowest BCUT2D eigenvalue weighted by atomic mass is 10.1. The van der Waals surface area contributed by atoms with Crippen molar-refractivity contribution in [1.82, 2.24) is 0 Å². The van der Waals surface area contributed by atoms with Crippen molar-refractivity contribution >= 4 is 38.1 Å². The van der Waals surface area contributed by atoms with Gasteiger partial charge in [0, 0.05) is 24.0 Å². The molecule has 0 radical (unpaired) electrons. The molecule has 0 spiro atoms. The fraction of sp³-hybridized carbons (Fsp3) is 0.227. The molecule has 0 saturated carbocycles. The fourth-order valence-corrected chi connectivity index (χ4v) is 4.16. The number of rotatable bonds is 7. The molecule has 0 fully saturated rings. The highest BCUT2D eigenvalue weighted by Gasteiger charge is 2.17. The summed E-state index contributed by atoms with van der Waals surface area (Å²) < 4.78 is 25.7. The van der Waals surface area contributed by atoms with E-state index in [-0.39, 0.29) is 18.9 Å². The Hall–Kier alpha value is -2.86. The molecule has 6 heteroatoms. The van der Waals surface area contributed by atoms with Crippen LogP contribution in [0.3, 0.4) is 0 Å². The number of amides is 1. The van der Waals surface area contributed by atoms with Gasteiger partial charge in [-0.3, -0.25) is 9.10 Å². The summed E-state index contributed by atoms with van der Waals surface area (Å²) in [6.45, 7) is 2.17. The molecule has 0 bridgehead atoms. The van der Waals surface area contributed by atoms with Gasteiger partial charge in [0.15, 0.2) is 0 Å². The molecule has 3 aromatic rings. The molecule has 3 aromatic carbocycles. The summed E-state index contributed by atoms with van der Waals surface area (Å²) in [7, 11) is -3.42. The second-order valence-corrected chi connectivity index (χ2v) is 8.76. The molecule has 0 unspecified atom stereocenters. The van der Waals surface area contributed by atoms with Gasteiger partial charge < -0.3 is 5.32 Å². The van der Waals surface area contributed by atoms with E-state index in [1.54, 1.807) is 6.07 Å². The molecule has 0 heterocycles. The summed E-state index contributed by atoms with van der Waals surface area (Å²) in [6, 6.07) is 21.0. The monoisotopic (exact) mass is 396 g/mol. The number of fused-ring (bicyclic) bond motifs is 1. The lowest BCUT2D eigenvalue weighted by Crippen LogP contribution is -2.31. The van der Waals surface area contributed by atoms with Crippen molar-refractivity contribution in [2.24, 2.45) is 0 Å². The van der Waals surface area contributed by atoms with Gasteiger partial charge in [0.25, 0.3) is 0 Å². The molecule has 0 atom stereocenters. The van der Waals surface area contributed by atoms with Gasteiger partial charge in [-0.2, -0.15) is 0 Å². The predicted molar refractivity (Wildman–Crippen MR) is 115 cm³/mol. The Balaban J connectivity index is 1.65. The molecule has 0 aliphatic rings. The lowest BCUT2D eigenvalue weighted by molar-refractivity contribution is -0.116. The van der Waals surface area contributed by atoms with Crippen LogP contribution in [0, 0.1) is 6.92 Å². The molecule has 5 nitrogen and oxygen atoms in total. The third-order valence-corrected chi connectivity index (χ3v) is 5.71. The van der Waals surface area contributed by atoms with Crippen LogP contribution in [0.4, 0.5) is 11.4 Å². The Morgan fingerprint density at radius 2 is 1.71 bits per heavy atom. The first-order valence-corrected chi connectivity index (χ1v) is 11.0. The number of sulfonamides is 1. The summed E-state index contributed by atoms with van der Waals surface area (Å²) in [5, 5.41) is 4.98. The third kappa shape index (κ3) is 4.89. The van der Waals surface area contributed by atoms with Crippen LogP contribution < -0.4 is 9.62 Å². The van der Waals surface area contributed by atoms with Crippen molar-refractivity contribution in [2.45, 2.75) is 19.8 Å². The van der Waals surface area contributed by atoms with Gasteiger partial charge in [0.1, 0.15) is 0 Å². The maximum absolute atomic E-state index is 12.4. The lowest BCUT2D eigenvalue weighted by Gasteiger charge is -2.22. The molecule has 1 N–H and O–H groups in total. The number of nitrogens with one attached hydrogen (secondary N) is 1. The average molecular weight is 397 g/mol. The highest BCUT2D eigenvalue weighted by molar-refractivity contribution is 7.92. The SMILES string of the molecule is Cc1cccc(N(CCCC(=O)Nc2cccc3ccccc23)S(C)(=O)=O)c1. The van der Waals surface area contributed by atoms with Crippen molar-refractivity contribution < 1.29 is 13.2 Å². The summed E-state index contributed by atoms with van der Waals surface area (Å²) in [5.74, 6) is -0.131. The first kappa shape index (κ1) is 19.9. The van der Waals surface area contributed by atoms with E-state index >= 15 is 0 Å². The highest BCUT2D eigenvalue weighted by Crippen LogP contribution is 2.23. The smallest absolute Gasteiger partial charge is 0.232 e. The van der Waals surface area contributed by atoms with Crippen LogP contribution in [0.25, 0.3) is 10.8 Å². The molecule has 28 heavy (non-hydrogen) atoms. The topological polar surface area (TPSA) is 66.5 Å². The number of nitrogens with zero attached hydrogens (tertiary/aromatic N) is 1. The van der Waals surface area contributed by atoms with Gasteiger partial charge >= 0.3 is 0 Å². The highest BCUT2D eigenvalue weighted by atomic mass is 32.2. The minimum Gasteiger partial charge on any atom is -0.326 e. The quantitative estimate of drug-likeness (QED) is 0.646. The number of hydrogen-bond acceptors (Lipinski definition) is 3. The van der Waals surface area contributed by atoms with Gasteiger partial charge in [0.05, 0.1) is 11.9 Å². The van der Waals surface area contributed by atoms with Crippen LogP contribution in [-0.2, 0) is 14.8 Å². The Kier molecular flexibility index (Phi) is 5.99. The first-order chi connectivity index (χ1) is 13.3. The van der Waals surface area contributed by atoms with Gasteiger partial charge in [-0.25, -0.2) is 8.42 Å². The minimum absolute atomic E-state index is 0.131. The molecule has 1 amide bonds. The van der Waals surface area contributed by atoms with Crippen LogP contribution in [0.1, 0.15) is 18.4 Å². The van der Waals surface area contributed by atoms with E-state index in [0.717, 1.165) is 22.0 Å². The standard InChI is InChI=1S/C22H24N2O3S/c1-17-8-5-11-19(16-17)24(28(2,26)27)15-7-14-22(25)23-21-13-6-10-18-9-3-4-12-20(18)21/h3-6,8-13,16H,7,14-15H2,1-2H3,(H,23,25). The van der Waals surface area contributed by atoms with Gasteiger partial charge in [0.2, 0.25) is 15.9 Å². The fourth-order valence-electron chi connectivity index (χ4n) is 3.20. The van der Waals surface area contributed by atoms with Crippen LogP contribution in [0.15, 0.2) is 66.7 Å². The van der Waals surface area contributed by atoms with E-state index < -0.39 is 10.0 Å². The zero-order chi connectivity index (χ0) is 20.1. The van der Waals surface area contributed by atoms with Crippen molar-refractivity contribution in [1.29, 1.82) is 0 Å². The molecule has 3 rings (SSSR count). The Morgan fingerprint density at radius 1 is 1.00 bits per heavy atom. The zero-order valence-corrected chi connectivity index (χ0v) is 16.9. The van der Waals surface area contributed by atoms with Crippen LogP contribution in [-0.4, -0.2) is 27.1 Å². The molecular weight excluding hydrogens is 372 g/mol. The number of aryl methyl sites for hydroxylation is 1. The summed E-state index contributed by atoms with van der Waals surface area (Å²) >= 11 is 0. The molecule has 146 valence electrons. The largest absolute Gasteiger partial charge is 0.326 e. The second-order valence-electron chi connectivity index (χ2n) is 6.85. The molecular formula is C22H24N2O3S. The van der Waals surface area contributed by atoms with Crippen molar-refractivity contribution in [3.63, 3.8) is 0 Å². The van der Waals surface area contributed by atoms with E-state index in [4.69, 9.17) is 0 Å². The number of hydrogen-bond donors (Lipinski definition) is 1. The number of anilines is 2. The van der Waals surface area contributed by atoms with E-state index in [0.29, 0.717) is 12.1 Å². The maximum atomic E-state index is 12.4. The predicted octanol–water partition coefficient (Wildman–Crippen LogP) is 4.33. The number of carbonyl (C=O) groups excluding carboxylic acids is 1. The zero-order valence-electron chi connectivity index (χ0n) is 16.1. The summed E-state index contributed by atoms with van der Waals surface area (Å²) in [4.78, 5) is 12.4. The summed E-state index contributed by atoms with van der Waals surface area (Å²) in [6.07, 6.45) is 1.85. The van der Waals surface area contributed by atoms with Crippen LogP contribution in [0.5, 0.6) is 0 Å². The molecule has 0 aromatic heterocycles. The first-order valence-electron chi connectivity index (χ1n) is 9.16. The van der Waals surface area contributed by atoms with Gasteiger partial charge in [-0.15, -0.1) is 0 Å². The minimum atomic E-state index is -3.42. The van der Waals surface area contributed by atoms with E-state index in [9.17, 15) is 13.2 Å². The van der Waals surface area contributed by atoms with Crippen molar-refractivity contribution in [3.05, 3.63) is 72.3 Å². The van der Waals surface area contributed by atoms with Crippen LogP contribution in [0.2, 0.25) is 0 Å². The average Bonchev–Trinajstić information content (AvgIpc) is 2.64. The van der Waals surface area contributed by atoms with Crippen LogP contribution >= 0.6 is 0 Å². The third-order valence-electron chi connectivity index (χ3n) is 4.52. The number of carbonyl (C=O) groups is 1. The Morgan fingerprint density at radius 3 is 2.46 bits per heavy atom.